The van der Waals surface area contributed by atoms with E-state index >= 15 is 0 Å². The number of fused-ring (bicyclic) bond motifs is 1. The summed E-state index contributed by atoms with van der Waals surface area (Å²) in [5, 5.41) is 0. The van der Waals surface area contributed by atoms with Gasteiger partial charge in [0, 0.05) is 24.7 Å². The Hall–Kier alpha value is -2.95. The Labute approximate surface area is 140 Å². The Kier molecular flexibility index (Phi) is 3.61. The topological polar surface area (TPSA) is 51.0 Å². The van der Waals surface area contributed by atoms with Crippen LogP contribution < -0.4 is 0 Å². The highest BCUT2D eigenvalue weighted by Gasteiger charge is 2.31. The summed E-state index contributed by atoms with van der Waals surface area (Å²) in [6, 6.07) is 15.2. The van der Waals surface area contributed by atoms with Crippen molar-refractivity contribution in [2.45, 2.75) is 19.4 Å². The third kappa shape index (κ3) is 2.38. The molecule has 5 heteroatoms. The standard InChI is InChI=1S/C19H18N4O/c1-14-18-16(23(13-21-18)17-9-5-6-11-20-17)10-12-22(14)19(24)15-7-3-2-4-8-15/h2-9,11,13-14H,10,12H2,1H3/t14-/m0/s1. The minimum Gasteiger partial charge on any atom is -0.330 e. The molecule has 0 spiro atoms. The average molecular weight is 318 g/mol. The molecule has 1 aliphatic heterocycles. The molecule has 3 heterocycles. The second-order valence-electron chi connectivity index (χ2n) is 5.92. The minimum absolute atomic E-state index is 0.0496. The summed E-state index contributed by atoms with van der Waals surface area (Å²) in [6.45, 7) is 2.72. The zero-order chi connectivity index (χ0) is 16.5. The van der Waals surface area contributed by atoms with Crippen molar-refractivity contribution >= 4 is 5.91 Å². The number of carbonyl (C=O) groups excluding carboxylic acids is 1. The molecular formula is C19H18N4O. The summed E-state index contributed by atoms with van der Waals surface area (Å²) in [6.07, 6.45) is 4.36. The molecule has 0 bridgehead atoms. The molecule has 0 aliphatic carbocycles. The Bertz CT molecular complexity index is 858. The lowest BCUT2D eigenvalue weighted by molar-refractivity contribution is 0.0672. The van der Waals surface area contributed by atoms with Crippen LogP contribution >= 0.6 is 0 Å². The molecule has 1 atom stereocenters. The van der Waals surface area contributed by atoms with Crippen molar-refractivity contribution in [2.24, 2.45) is 0 Å². The molecule has 1 amide bonds. The van der Waals surface area contributed by atoms with Crippen LogP contribution in [0.15, 0.2) is 61.1 Å². The first-order valence-electron chi connectivity index (χ1n) is 8.09. The van der Waals surface area contributed by atoms with Crippen LogP contribution in [0.3, 0.4) is 0 Å². The van der Waals surface area contributed by atoms with Crippen molar-refractivity contribution < 1.29 is 4.79 Å². The van der Waals surface area contributed by atoms with Crippen molar-refractivity contribution in [3.63, 3.8) is 0 Å². The van der Waals surface area contributed by atoms with E-state index < -0.39 is 0 Å². The Morgan fingerprint density at radius 3 is 2.62 bits per heavy atom. The van der Waals surface area contributed by atoms with Crippen molar-refractivity contribution in [3.05, 3.63) is 78.0 Å². The van der Waals surface area contributed by atoms with Gasteiger partial charge in [-0.25, -0.2) is 9.97 Å². The van der Waals surface area contributed by atoms with Gasteiger partial charge < -0.3 is 4.90 Å². The summed E-state index contributed by atoms with van der Waals surface area (Å²) in [7, 11) is 0. The van der Waals surface area contributed by atoms with Gasteiger partial charge in [-0.15, -0.1) is 0 Å². The third-order valence-corrected chi connectivity index (χ3v) is 4.53. The van der Waals surface area contributed by atoms with Gasteiger partial charge in [-0.2, -0.15) is 0 Å². The average Bonchev–Trinajstić information content (AvgIpc) is 3.08. The summed E-state index contributed by atoms with van der Waals surface area (Å²) < 4.78 is 2.02. The van der Waals surface area contributed by atoms with Gasteiger partial charge in [-0.05, 0) is 31.2 Å². The van der Waals surface area contributed by atoms with E-state index in [1.165, 1.54) is 0 Å². The molecule has 5 nitrogen and oxygen atoms in total. The Balaban J connectivity index is 1.66. The molecule has 120 valence electrons. The van der Waals surface area contributed by atoms with E-state index in [9.17, 15) is 4.79 Å². The molecule has 1 aliphatic rings. The quantitative estimate of drug-likeness (QED) is 0.730. The highest BCUT2D eigenvalue weighted by Crippen LogP contribution is 2.30. The van der Waals surface area contributed by atoms with E-state index in [1.807, 2.05) is 64.9 Å². The molecular weight excluding hydrogens is 300 g/mol. The number of benzene rings is 1. The molecule has 0 saturated carbocycles. The summed E-state index contributed by atoms with van der Waals surface area (Å²) >= 11 is 0. The number of amides is 1. The van der Waals surface area contributed by atoms with Crippen LogP contribution in [0.1, 0.15) is 34.7 Å². The van der Waals surface area contributed by atoms with Crippen molar-refractivity contribution in [2.75, 3.05) is 6.54 Å². The van der Waals surface area contributed by atoms with Gasteiger partial charge in [0.1, 0.15) is 12.1 Å². The lowest BCUT2D eigenvalue weighted by atomic mass is 10.0. The van der Waals surface area contributed by atoms with Crippen LogP contribution in [0.4, 0.5) is 0 Å². The van der Waals surface area contributed by atoms with Gasteiger partial charge in [0.05, 0.1) is 17.4 Å². The van der Waals surface area contributed by atoms with Crippen LogP contribution in [-0.4, -0.2) is 31.9 Å². The van der Waals surface area contributed by atoms with Crippen LogP contribution in [0.5, 0.6) is 0 Å². The molecule has 0 radical (unpaired) electrons. The van der Waals surface area contributed by atoms with E-state index in [4.69, 9.17) is 0 Å². The molecule has 0 N–H and O–H groups in total. The van der Waals surface area contributed by atoms with E-state index in [1.54, 1.807) is 12.5 Å². The molecule has 1 aromatic carbocycles. The van der Waals surface area contributed by atoms with Crippen LogP contribution in [0.2, 0.25) is 0 Å². The molecule has 3 aromatic rings. The van der Waals surface area contributed by atoms with E-state index in [0.717, 1.165) is 29.2 Å². The minimum atomic E-state index is -0.0496. The number of hydrogen-bond acceptors (Lipinski definition) is 3. The van der Waals surface area contributed by atoms with E-state index in [0.29, 0.717) is 6.54 Å². The maximum Gasteiger partial charge on any atom is 0.254 e. The lowest BCUT2D eigenvalue weighted by Crippen LogP contribution is -2.39. The normalized spacial score (nSPS) is 16.7. The second kappa shape index (κ2) is 5.92. The zero-order valence-electron chi connectivity index (χ0n) is 13.5. The SMILES string of the molecule is C[C@H]1c2ncn(-c3ccccn3)c2CCN1C(=O)c1ccccc1. The Morgan fingerprint density at radius 2 is 1.88 bits per heavy atom. The molecule has 0 fully saturated rings. The van der Waals surface area contributed by atoms with Crippen molar-refractivity contribution in [1.82, 2.24) is 19.4 Å². The molecule has 24 heavy (non-hydrogen) atoms. The van der Waals surface area contributed by atoms with Crippen LogP contribution in [0.25, 0.3) is 5.82 Å². The van der Waals surface area contributed by atoms with E-state index in [2.05, 4.69) is 9.97 Å². The fraction of sp³-hybridized carbons (Fsp3) is 0.211. The third-order valence-electron chi connectivity index (χ3n) is 4.53. The molecule has 2 aromatic heterocycles. The molecule has 0 unspecified atom stereocenters. The number of nitrogens with zero attached hydrogens (tertiary/aromatic N) is 4. The summed E-state index contributed by atoms with van der Waals surface area (Å²) in [4.78, 5) is 23.6. The number of aromatic nitrogens is 3. The first kappa shape index (κ1) is 14.6. The fourth-order valence-corrected chi connectivity index (χ4v) is 3.27. The molecule has 4 rings (SSSR count). The maximum atomic E-state index is 12.8. The monoisotopic (exact) mass is 318 g/mol. The number of imidazole rings is 1. The number of hydrogen-bond donors (Lipinski definition) is 0. The zero-order valence-corrected chi connectivity index (χ0v) is 13.5. The number of rotatable bonds is 2. The smallest absolute Gasteiger partial charge is 0.254 e. The number of carbonyl (C=O) groups is 1. The van der Waals surface area contributed by atoms with Crippen molar-refractivity contribution in [3.8, 4) is 5.82 Å². The second-order valence-corrected chi connectivity index (χ2v) is 5.92. The van der Waals surface area contributed by atoms with Gasteiger partial charge in [0.25, 0.3) is 5.91 Å². The predicted octanol–water partition coefficient (Wildman–Crippen LogP) is 3.03. The highest BCUT2D eigenvalue weighted by atomic mass is 16.2. The predicted molar refractivity (Wildman–Crippen MR) is 91.0 cm³/mol. The van der Waals surface area contributed by atoms with Gasteiger partial charge in [-0.1, -0.05) is 24.3 Å². The fourth-order valence-electron chi connectivity index (χ4n) is 3.27. The van der Waals surface area contributed by atoms with Crippen molar-refractivity contribution in [1.29, 1.82) is 0 Å². The highest BCUT2D eigenvalue weighted by molar-refractivity contribution is 5.94. The Morgan fingerprint density at radius 1 is 1.08 bits per heavy atom. The van der Waals surface area contributed by atoms with Crippen LogP contribution in [-0.2, 0) is 6.42 Å². The lowest BCUT2D eigenvalue weighted by Gasteiger charge is -2.33. The summed E-state index contributed by atoms with van der Waals surface area (Å²) in [5.74, 6) is 0.919. The summed E-state index contributed by atoms with van der Waals surface area (Å²) in [5.41, 5.74) is 2.81. The van der Waals surface area contributed by atoms with Crippen LogP contribution in [0, 0.1) is 0 Å². The molecule has 0 saturated heterocycles. The first-order chi connectivity index (χ1) is 11.8. The van der Waals surface area contributed by atoms with E-state index in [-0.39, 0.29) is 11.9 Å². The van der Waals surface area contributed by atoms with Gasteiger partial charge in [-0.3, -0.25) is 9.36 Å². The number of pyridine rings is 1. The van der Waals surface area contributed by atoms with Gasteiger partial charge in [0.15, 0.2) is 0 Å². The largest absolute Gasteiger partial charge is 0.330 e. The first-order valence-corrected chi connectivity index (χ1v) is 8.09. The van der Waals surface area contributed by atoms with Gasteiger partial charge in [0.2, 0.25) is 0 Å². The maximum absolute atomic E-state index is 12.8. The van der Waals surface area contributed by atoms with Gasteiger partial charge >= 0.3 is 0 Å².